The molecular weight excluding hydrogens is 442 g/mol. The molecule has 1 heterocycles. The maximum Gasteiger partial charge on any atom is 0.244 e. The molecule has 0 radical (unpaired) electrons. The summed E-state index contributed by atoms with van der Waals surface area (Å²) in [5.74, 6) is 0.362. The summed E-state index contributed by atoms with van der Waals surface area (Å²) in [5, 5.41) is 11.3. The van der Waals surface area contributed by atoms with E-state index < -0.39 is 0 Å². The van der Waals surface area contributed by atoms with Crippen molar-refractivity contribution in [3.63, 3.8) is 0 Å². The van der Waals surface area contributed by atoms with Crippen LogP contribution in [0.5, 0.6) is 5.75 Å². The van der Waals surface area contributed by atoms with Crippen molar-refractivity contribution in [2.45, 2.75) is 104 Å². The minimum atomic E-state index is -0.148. The summed E-state index contributed by atoms with van der Waals surface area (Å²) in [4.78, 5) is 5.17. The molecule has 36 heavy (non-hydrogen) atoms. The summed E-state index contributed by atoms with van der Waals surface area (Å²) in [5.41, 5.74) is 5.37. The van der Waals surface area contributed by atoms with Crippen molar-refractivity contribution in [2.75, 3.05) is 0 Å². The Morgan fingerprint density at radius 3 is 2.33 bits per heavy atom. The molecule has 2 atom stereocenters. The molecule has 4 rings (SSSR count). The van der Waals surface area contributed by atoms with Gasteiger partial charge in [0.25, 0.3) is 0 Å². The predicted octanol–water partition coefficient (Wildman–Crippen LogP) is 7.37. The van der Waals surface area contributed by atoms with Gasteiger partial charge >= 0.3 is 0 Å². The van der Waals surface area contributed by atoms with Crippen LogP contribution >= 0.6 is 0 Å². The maximum atomic E-state index is 11.3. The minimum Gasteiger partial charge on any atom is -0.507 e. The third-order valence-electron chi connectivity index (χ3n) is 7.54. The number of phenolic OH excluding ortho intramolecular Hbond substituents is 1. The smallest absolute Gasteiger partial charge is 0.244 e. The van der Waals surface area contributed by atoms with Crippen molar-refractivity contribution >= 4 is 6.21 Å². The second-order valence-electron chi connectivity index (χ2n) is 12.4. The van der Waals surface area contributed by atoms with Gasteiger partial charge in [-0.15, -0.1) is 0 Å². The number of phenols is 1. The van der Waals surface area contributed by atoms with E-state index in [-0.39, 0.29) is 16.9 Å². The maximum absolute atomic E-state index is 11.3. The fourth-order valence-electron chi connectivity index (χ4n) is 5.27. The van der Waals surface area contributed by atoms with Crippen molar-refractivity contribution in [1.29, 1.82) is 0 Å². The average Bonchev–Trinajstić information content (AvgIpc) is 3.27. The molecule has 3 aromatic rings. The van der Waals surface area contributed by atoms with Crippen molar-refractivity contribution in [3.05, 3.63) is 71.7 Å². The van der Waals surface area contributed by atoms with Crippen molar-refractivity contribution in [2.24, 2.45) is 4.99 Å². The lowest BCUT2D eigenvalue weighted by Crippen LogP contribution is -2.31. The fourth-order valence-corrected chi connectivity index (χ4v) is 5.27. The molecule has 1 N–H and O–H groups in total. The van der Waals surface area contributed by atoms with Gasteiger partial charge in [0.15, 0.2) is 5.69 Å². The van der Waals surface area contributed by atoms with Gasteiger partial charge in [0.2, 0.25) is 6.33 Å². The molecule has 0 unspecified atom stereocenters. The molecule has 0 bridgehead atoms. The highest BCUT2D eigenvalue weighted by Crippen LogP contribution is 2.38. The number of aryl methyl sites for hydroxylation is 1. The summed E-state index contributed by atoms with van der Waals surface area (Å²) in [7, 11) is 0. The third kappa shape index (κ3) is 5.58. The molecule has 1 aromatic heterocycles. The quantitative estimate of drug-likeness (QED) is 0.297. The van der Waals surface area contributed by atoms with Crippen molar-refractivity contribution < 1.29 is 9.67 Å². The summed E-state index contributed by atoms with van der Waals surface area (Å²) in [6.07, 6.45) is 11.0. The van der Waals surface area contributed by atoms with E-state index in [4.69, 9.17) is 4.99 Å². The van der Waals surface area contributed by atoms with Gasteiger partial charge in [-0.25, -0.2) is 9.13 Å². The standard InChI is InChI=1S/C32H43N3O/c1-8-34-21-29(23-14-10-9-11-15-23)35(22-34)28-17-13-12-16-27(28)33-20-24-18-25(31(2,3)4)19-26(30(24)36)32(5,6)7/h9-11,14-15,18-22,27-28H,8,12-13,16-17H2,1-7H3/p+1/t27-,28-/m1/s1. The number of benzene rings is 2. The monoisotopic (exact) mass is 486 g/mol. The molecule has 0 saturated heterocycles. The number of rotatable bonds is 5. The zero-order chi connectivity index (χ0) is 26.1. The van der Waals surface area contributed by atoms with E-state index in [1.165, 1.54) is 29.7 Å². The number of hydrogen-bond acceptors (Lipinski definition) is 2. The Labute approximate surface area is 217 Å². The van der Waals surface area contributed by atoms with E-state index in [0.29, 0.717) is 11.8 Å². The second-order valence-corrected chi connectivity index (χ2v) is 12.4. The number of imidazole rings is 1. The third-order valence-corrected chi connectivity index (χ3v) is 7.54. The van der Waals surface area contributed by atoms with E-state index in [1.807, 2.05) is 6.21 Å². The number of hydrogen-bond donors (Lipinski definition) is 1. The number of aromatic hydroxyl groups is 1. The first-order chi connectivity index (χ1) is 17.0. The van der Waals surface area contributed by atoms with E-state index in [0.717, 1.165) is 30.5 Å². The van der Waals surface area contributed by atoms with Crippen LogP contribution in [0.4, 0.5) is 0 Å². The second kappa shape index (κ2) is 10.2. The van der Waals surface area contributed by atoms with Gasteiger partial charge in [-0.3, -0.25) is 4.99 Å². The minimum absolute atomic E-state index is 0.00678. The summed E-state index contributed by atoms with van der Waals surface area (Å²) >= 11 is 0. The van der Waals surface area contributed by atoms with Crippen LogP contribution in [-0.2, 0) is 17.4 Å². The number of aliphatic imine (C=N–C) groups is 1. The highest BCUT2D eigenvalue weighted by molar-refractivity contribution is 5.85. The highest BCUT2D eigenvalue weighted by atomic mass is 16.3. The van der Waals surface area contributed by atoms with Gasteiger partial charge in [0, 0.05) is 22.9 Å². The first-order valence-electron chi connectivity index (χ1n) is 13.6. The van der Waals surface area contributed by atoms with Gasteiger partial charge in [-0.2, -0.15) is 0 Å². The van der Waals surface area contributed by atoms with Crippen LogP contribution in [0.1, 0.15) is 96.9 Å². The lowest BCUT2D eigenvalue weighted by Gasteiger charge is -2.28. The Morgan fingerprint density at radius 2 is 1.69 bits per heavy atom. The number of nitrogens with zero attached hydrogens (tertiary/aromatic N) is 3. The normalized spacial score (nSPS) is 19.2. The molecule has 1 aliphatic rings. The van der Waals surface area contributed by atoms with E-state index in [9.17, 15) is 5.11 Å². The Hall–Kier alpha value is -2.88. The molecule has 0 spiro atoms. The molecule has 1 saturated carbocycles. The Bertz CT molecular complexity index is 1210. The van der Waals surface area contributed by atoms with Crippen LogP contribution in [0.25, 0.3) is 11.3 Å². The van der Waals surface area contributed by atoms with Gasteiger partial charge in [-0.1, -0.05) is 84.4 Å². The van der Waals surface area contributed by atoms with Crippen LogP contribution in [0.3, 0.4) is 0 Å². The molecule has 4 heteroatoms. The number of aromatic nitrogens is 2. The van der Waals surface area contributed by atoms with E-state index in [1.54, 1.807) is 0 Å². The molecule has 1 aliphatic carbocycles. The van der Waals surface area contributed by atoms with Gasteiger partial charge in [0.05, 0.1) is 12.6 Å². The molecule has 2 aromatic carbocycles. The molecule has 0 aliphatic heterocycles. The zero-order valence-corrected chi connectivity index (χ0v) is 23.3. The fraction of sp³-hybridized carbons (Fsp3) is 0.500. The molecule has 192 valence electrons. The lowest BCUT2D eigenvalue weighted by atomic mass is 9.79. The van der Waals surface area contributed by atoms with Crippen molar-refractivity contribution in [1.82, 2.24) is 4.57 Å². The van der Waals surface area contributed by atoms with Crippen LogP contribution in [0.15, 0.2) is 60.0 Å². The SMILES string of the molecule is CC[n+]1cc(-c2ccccc2)n([C@@H]2CCCC[C@H]2N=Cc2cc(C(C)(C)C)cc(C(C)(C)C)c2O)c1. The van der Waals surface area contributed by atoms with Gasteiger partial charge < -0.3 is 5.11 Å². The molecule has 0 amide bonds. The summed E-state index contributed by atoms with van der Waals surface area (Å²) < 4.78 is 4.72. The van der Waals surface area contributed by atoms with Gasteiger partial charge in [0.1, 0.15) is 18.0 Å². The van der Waals surface area contributed by atoms with Crippen LogP contribution in [0.2, 0.25) is 0 Å². The Kier molecular flexibility index (Phi) is 7.45. The zero-order valence-electron chi connectivity index (χ0n) is 23.3. The molecule has 4 nitrogen and oxygen atoms in total. The van der Waals surface area contributed by atoms with Crippen molar-refractivity contribution in [3.8, 4) is 17.0 Å². The van der Waals surface area contributed by atoms with Gasteiger partial charge in [-0.05, 0) is 48.6 Å². The first kappa shape index (κ1) is 26.2. The first-order valence-corrected chi connectivity index (χ1v) is 13.6. The molecular formula is C32H44N3O+. The van der Waals surface area contributed by atoms with Crippen LogP contribution < -0.4 is 4.57 Å². The topological polar surface area (TPSA) is 41.4 Å². The molecule has 1 fully saturated rings. The van der Waals surface area contributed by atoms with E-state index >= 15 is 0 Å². The highest BCUT2D eigenvalue weighted by Gasteiger charge is 2.33. The average molecular weight is 487 g/mol. The Morgan fingerprint density at radius 1 is 1.00 bits per heavy atom. The van der Waals surface area contributed by atoms with E-state index in [2.05, 4.69) is 113 Å². The van der Waals surface area contributed by atoms with Crippen LogP contribution in [0, 0.1) is 0 Å². The summed E-state index contributed by atoms with van der Waals surface area (Å²) in [6.45, 7) is 16.3. The van der Waals surface area contributed by atoms with Crippen LogP contribution in [-0.4, -0.2) is 21.9 Å². The Balaban J connectivity index is 1.74. The summed E-state index contributed by atoms with van der Waals surface area (Å²) in [6, 6.07) is 15.4. The largest absolute Gasteiger partial charge is 0.507 e. The lowest BCUT2D eigenvalue weighted by molar-refractivity contribution is -0.693. The predicted molar refractivity (Wildman–Crippen MR) is 150 cm³/mol.